The molecule has 2 aromatic rings. The summed E-state index contributed by atoms with van der Waals surface area (Å²) in [7, 11) is -3.64. The number of H-pyrrole nitrogens is 1. The number of rotatable bonds is 3. The molecule has 21 heavy (non-hydrogen) atoms. The molecule has 1 saturated heterocycles. The fourth-order valence-corrected chi connectivity index (χ4v) is 3.80. The predicted octanol–water partition coefficient (Wildman–Crippen LogP) is 1.33. The van der Waals surface area contributed by atoms with Crippen LogP contribution in [0.25, 0.3) is 11.0 Å². The van der Waals surface area contributed by atoms with Crippen LogP contribution in [0.4, 0.5) is 5.95 Å². The van der Waals surface area contributed by atoms with Crippen molar-refractivity contribution < 1.29 is 13.2 Å². The van der Waals surface area contributed by atoms with Gasteiger partial charge in [-0.25, -0.2) is 9.71 Å². The standard InChI is InChI=1S/C13H18N4O3S/c1-9-7-17(8-10(2)20-9)21(18,19)16-13-14-11-5-3-4-6-12(11)15-13/h3-6,9-10H,7-8H2,1-2H3,(H2,14,15,16). The lowest BCUT2D eigenvalue weighted by Gasteiger charge is -2.34. The van der Waals surface area contributed by atoms with Gasteiger partial charge in [0.15, 0.2) is 0 Å². The van der Waals surface area contributed by atoms with Gasteiger partial charge in [0, 0.05) is 13.1 Å². The van der Waals surface area contributed by atoms with E-state index in [2.05, 4.69) is 14.7 Å². The molecule has 1 aliphatic rings. The zero-order valence-corrected chi connectivity index (χ0v) is 12.7. The Morgan fingerprint density at radius 3 is 2.62 bits per heavy atom. The first-order valence-electron chi connectivity index (χ1n) is 6.82. The molecule has 0 amide bonds. The van der Waals surface area contributed by atoms with Crippen LogP contribution >= 0.6 is 0 Å². The first kappa shape index (κ1) is 14.3. The van der Waals surface area contributed by atoms with Crippen LogP contribution in [0.15, 0.2) is 24.3 Å². The predicted molar refractivity (Wildman–Crippen MR) is 80.2 cm³/mol. The van der Waals surface area contributed by atoms with Gasteiger partial charge < -0.3 is 9.72 Å². The molecule has 1 aromatic heterocycles. The van der Waals surface area contributed by atoms with E-state index in [1.54, 1.807) is 0 Å². The number of benzene rings is 1. The second-order valence-corrected chi connectivity index (χ2v) is 6.95. The Morgan fingerprint density at radius 1 is 1.29 bits per heavy atom. The van der Waals surface area contributed by atoms with Gasteiger partial charge in [-0.1, -0.05) is 12.1 Å². The highest BCUT2D eigenvalue weighted by atomic mass is 32.2. The van der Waals surface area contributed by atoms with E-state index in [9.17, 15) is 8.42 Å². The van der Waals surface area contributed by atoms with Gasteiger partial charge in [0.2, 0.25) is 5.95 Å². The maximum Gasteiger partial charge on any atom is 0.304 e. The number of imidazole rings is 1. The number of fused-ring (bicyclic) bond motifs is 1. The zero-order chi connectivity index (χ0) is 15.0. The summed E-state index contributed by atoms with van der Waals surface area (Å²) in [6.45, 7) is 4.39. The topological polar surface area (TPSA) is 87.3 Å². The monoisotopic (exact) mass is 310 g/mol. The summed E-state index contributed by atoms with van der Waals surface area (Å²) in [5.74, 6) is 0.225. The molecular formula is C13H18N4O3S. The van der Waals surface area contributed by atoms with Gasteiger partial charge in [0.05, 0.1) is 23.2 Å². The van der Waals surface area contributed by atoms with Gasteiger partial charge in [0.1, 0.15) is 0 Å². The number of aromatic nitrogens is 2. The maximum absolute atomic E-state index is 12.4. The van der Waals surface area contributed by atoms with Gasteiger partial charge in [-0.2, -0.15) is 12.7 Å². The third kappa shape index (κ3) is 3.02. The summed E-state index contributed by atoms with van der Waals surface area (Å²) >= 11 is 0. The van der Waals surface area contributed by atoms with Crippen LogP contribution in [0.1, 0.15) is 13.8 Å². The fourth-order valence-electron chi connectivity index (χ4n) is 2.51. The lowest BCUT2D eigenvalue weighted by atomic mass is 10.3. The largest absolute Gasteiger partial charge is 0.373 e. The van der Waals surface area contributed by atoms with Crippen molar-refractivity contribution in [3.63, 3.8) is 0 Å². The molecule has 0 spiro atoms. The number of para-hydroxylation sites is 2. The Labute approximate surface area is 123 Å². The number of anilines is 1. The molecule has 7 nitrogen and oxygen atoms in total. The number of nitrogens with one attached hydrogen (secondary N) is 2. The van der Waals surface area contributed by atoms with Crippen LogP contribution in [0.5, 0.6) is 0 Å². The summed E-state index contributed by atoms with van der Waals surface area (Å²) < 4.78 is 34.3. The van der Waals surface area contributed by atoms with E-state index in [0.717, 1.165) is 11.0 Å². The summed E-state index contributed by atoms with van der Waals surface area (Å²) in [4.78, 5) is 7.18. The normalized spacial score (nSPS) is 24.3. The van der Waals surface area contributed by atoms with E-state index >= 15 is 0 Å². The lowest BCUT2D eigenvalue weighted by Crippen LogP contribution is -2.50. The Bertz CT molecular complexity index is 700. The van der Waals surface area contributed by atoms with Gasteiger partial charge in [-0.15, -0.1) is 0 Å². The number of aromatic amines is 1. The first-order chi connectivity index (χ1) is 9.94. The van der Waals surface area contributed by atoms with E-state index in [1.807, 2.05) is 38.1 Å². The molecule has 1 aliphatic heterocycles. The third-order valence-corrected chi connectivity index (χ3v) is 4.77. The highest BCUT2D eigenvalue weighted by Gasteiger charge is 2.31. The Balaban J connectivity index is 1.82. The molecule has 1 aromatic carbocycles. The fraction of sp³-hybridized carbons (Fsp3) is 0.462. The quantitative estimate of drug-likeness (QED) is 0.895. The van der Waals surface area contributed by atoms with Crippen molar-refractivity contribution in [2.75, 3.05) is 17.8 Å². The van der Waals surface area contributed by atoms with Crippen molar-refractivity contribution in [3.8, 4) is 0 Å². The first-order valence-corrected chi connectivity index (χ1v) is 8.26. The van der Waals surface area contributed by atoms with E-state index in [4.69, 9.17) is 4.74 Å². The Kier molecular flexibility index (Phi) is 3.60. The molecule has 0 aliphatic carbocycles. The van der Waals surface area contributed by atoms with Crippen LogP contribution in [0.3, 0.4) is 0 Å². The summed E-state index contributed by atoms with van der Waals surface area (Å²) in [5, 5.41) is 0. The van der Waals surface area contributed by atoms with E-state index < -0.39 is 10.2 Å². The summed E-state index contributed by atoms with van der Waals surface area (Å²) in [6.07, 6.45) is -0.248. The zero-order valence-electron chi connectivity index (χ0n) is 11.9. The summed E-state index contributed by atoms with van der Waals surface area (Å²) in [5.41, 5.74) is 1.51. The van der Waals surface area contributed by atoms with E-state index in [0.29, 0.717) is 13.1 Å². The lowest BCUT2D eigenvalue weighted by molar-refractivity contribution is -0.0439. The van der Waals surface area contributed by atoms with Crippen molar-refractivity contribution in [2.24, 2.45) is 0 Å². The van der Waals surface area contributed by atoms with Gasteiger partial charge >= 0.3 is 10.2 Å². The van der Waals surface area contributed by atoms with Crippen molar-refractivity contribution in [1.82, 2.24) is 14.3 Å². The maximum atomic E-state index is 12.4. The molecule has 2 N–H and O–H groups in total. The second-order valence-electron chi connectivity index (χ2n) is 5.28. The van der Waals surface area contributed by atoms with Crippen LogP contribution in [-0.4, -0.2) is 48.0 Å². The van der Waals surface area contributed by atoms with Crippen LogP contribution in [0.2, 0.25) is 0 Å². The van der Waals surface area contributed by atoms with E-state index in [1.165, 1.54) is 4.31 Å². The number of hydrogen-bond acceptors (Lipinski definition) is 4. The average Bonchev–Trinajstić information content (AvgIpc) is 2.78. The molecule has 3 rings (SSSR count). The molecule has 1 fully saturated rings. The van der Waals surface area contributed by atoms with E-state index in [-0.39, 0.29) is 18.2 Å². The van der Waals surface area contributed by atoms with Gasteiger partial charge in [-0.3, -0.25) is 0 Å². The molecule has 0 radical (unpaired) electrons. The Hall–Kier alpha value is -1.64. The highest BCUT2D eigenvalue weighted by molar-refractivity contribution is 7.90. The van der Waals surface area contributed by atoms with Crippen molar-refractivity contribution in [2.45, 2.75) is 26.1 Å². The second kappa shape index (κ2) is 5.28. The molecule has 2 heterocycles. The summed E-state index contributed by atoms with van der Waals surface area (Å²) in [6, 6.07) is 7.39. The average molecular weight is 310 g/mol. The number of nitrogens with zero attached hydrogens (tertiary/aromatic N) is 2. The molecule has 0 bridgehead atoms. The van der Waals surface area contributed by atoms with Gasteiger partial charge in [-0.05, 0) is 26.0 Å². The van der Waals surface area contributed by atoms with Crippen molar-refractivity contribution in [1.29, 1.82) is 0 Å². The minimum absolute atomic E-state index is 0.124. The molecular weight excluding hydrogens is 292 g/mol. The molecule has 0 saturated carbocycles. The smallest absolute Gasteiger partial charge is 0.304 e. The molecule has 2 unspecified atom stereocenters. The molecule has 8 heteroatoms. The number of ether oxygens (including phenoxy) is 1. The SMILES string of the molecule is CC1CN(S(=O)(=O)Nc2nc3ccccc3[nH]2)CC(C)O1. The highest BCUT2D eigenvalue weighted by Crippen LogP contribution is 2.18. The van der Waals surface area contributed by atoms with Crippen molar-refractivity contribution in [3.05, 3.63) is 24.3 Å². The number of hydrogen-bond donors (Lipinski definition) is 2. The molecule has 2 atom stereocenters. The van der Waals surface area contributed by atoms with Crippen molar-refractivity contribution >= 4 is 27.2 Å². The van der Waals surface area contributed by atoms with Crippen LogP contribution in [0, 0.1) is 0 Å². The Morgan fingerprint density at radius 2 is 1.95 bits per heavy atom. The van der Waals surface area contributed by atoms with Gasteiger partial charge in [0.25, 0.3) is 0 Å². The third-order valence-electron chi connectivity index (χ3n) is 3.34. The molecule has 114 valence electrons. The minimum atomic E-state index is -3.64. The van der Waals surface area contributed by atoms with Crippen LogP contribution < -0.4 is 4.72 Å². The van der Waals surface area contributed by atoms with Crippen LogP contribution in [-0.2, 0) is 14.9 Å². The minimum Gasteiger partial charge on any atom is -0.373 e. The number of morpholine rings is 1.